The fourth-order valence-corrected chi connectivity index (χ4v) is 3.17. The molecular weight excluding hydrogens is 300 g/mol. The molecule has 0 atom stereocenters. The van der Waals surface area contributed by atoms with E-state index < -0.39 is 0 Å². The average Bonchev–Trinajstić information content (AvgIpc) is 2.57. The second-order valence-electron chi connectivity index (χ2n) is 6.30. The minimum absolute atomic E-state index is 0.119. The molecule has 3 rings (SSSR count). The molecule has 0 saturated heterocycles. The van der Waals surface area contributed by atoms with Crippen molar-refractivity contribution in [1.82, 2.24) is 0 Å². The summed E-state index contributed by atoms with van der Waals surface area (Å²) in [7, 11) is 0. The van der Waals surface area contributed by atoms with Crippen molar-refractivity contribution in [2.75, 3.05) is 10.6 Å². The van der Waals surface area contributed by atoms with E-state index in [1.807, 2.05) is 37.3 Å². The fraction of sp³-hybridized carbons (Fsp3) is 0.300. The first kappa shape index (κ1) is 16.2. The largest absolute Gasteiger partial charge is 0.326 e. The van der Waals surface area contributed by atoms with E-state index in [0.717, 1.165) is 18.4 Å². The molecule has 2 aromatic rings. The highest BCUT2D eigenvalue weighted by atomic mass is 16.2. The molecule has 0 unspecified atom stereocenters. The predicted octanol–water partition coefficient (Wildman–Crippen LogP) is 4.08. The van der Waals surface area contributed by atoms with Crippen molar-refractivity contribution < 1.29 is 9.59 Å². The number of rotatable bonds is 3. The Balaban J connectivity index is 1.81. The van der Waals surface area contributed by atoms with Crippen LogP contribution in [0.1, 0.15) is 46.8 Å². The normalized spacial score (nSPS) is 13.1. The van der Waals surface area contributed by atoms with Gasteiger partial charge in [-0.25, -0.2) is 0 Å². The summed E-state index contributed by atoms with van der Waals surface area (Å²) >= 11 is 0. The van der Waals surface area contributed by atoms with Crippen LogP contribution in [0.2, 0.25) is 0 Å². The van der Waals surface area contributed by atoms with Gasteiger partial charge in [0.05, 0.1) is 0 Å². The number of fused-ring (bicyclic) bond motifs is 1. The standard InChI is InChI=1S/C20H22N2O2/c1-13-18(21-14(2)23)8-5-9-19(13)22-20(24)17-11-10-15-6-3-4-7-16(15)12-17/h5,8-12H,3-4,6-7H2,1-2H3,(H,21,23)(H,22,24). The van der Waals surface area contributed by atoms with Gasteiger partial charge >= 0.3 is 0 Å². The van der Waals surface area contributed by atoms with E-state index in [-0.39, 0.29) is 11.8 Å². The van der Waals surface area contributed by atoms with Crippen molar-refractivity contribution in [2.45, 2.75) is 39.5 Å². The molecule has 4 nitrogen and oxygen atoms in total. The smallest absolute Gasteiger partial charge is 0.255 e. The Kier molecular flexibility index (Phi) is 4.65. The third-order valence-electron chi connectivity index (χ3n) is 4.50. The molecule has 0 saturated carbocycles. The lowest BCUT2D eigenvalue weighted by Gasteiger charge is -2.17. The first-order valence-corrected chi connectivity index (χ1v) is 8.35. The molecule has 1 aliphatic rings. The maximum absolute atomic E-state index is 12.6. The van der Waals surface area contributed by atoms with E-state index in [2.05, 4.69) is 16.7 Å². The van der Waals surface area contributed by atoms with Gasteiger partial charge in [-0.15, -0.1) is 0 Å². The summed E-state index contributed by atoms with van der Waals surface area (Å²) in [5.74, 6) is -0.247. The summed E-state index contributed by atoms with van der Waals surface area (Å²) in [6.45, 7) is 3.35. The molecule has 1 aliphatic carbocycles. The highest BCUT2D eigenvalue weighted by molar-refractivity contribution is 6.05. The van der Waals surface area contributed by atoms with Crippen LogP contribution in [0, 0.1) is 6.92 Å². The first-order valence-electron chi connectivity index (χ1n) is 8.35. The van der Waals surface area contributed by atoms with Crippen molar-refractivity contribution in [2.24, 2.45) is 0 Å². The van der Waals surface area contributed by atoms with Crippen LogP contribution in [0.3, 0.4) is 0 Å². The molecule has 0 aromatic heterocycles. The lowest BCUT2D eigenvalue weighted by molar-refractivity contribution is -0.114. The summed E-state index contributed by atoms with van der Waals surface area (Å²) in [6, 6.07) is 11.5. The Morgan fingerprint density at radius 3 is 2.29 bits per heavy atom. The molecule has 124 valence electrons. The summed E-state index contributed by atoms with van der Waals surface area (Å²) in [6.07, 6.45) is 4.58. The van der Waals surface area contributed by atoms with Crippen molar-refractivity contribution in [3.63, 3.8) is 0 Å². The highest BCUT2D eigenvalue weighted by Gasteiger charge is 2.14. The molecule has 2 aromatic carbocycles. The summed E-state index contributed by atoms with van der Waals surface area (Å²) < 4.78 is 0. The van der Waals surface area contributed by atoms with Gasteiger partial charge in [-0.05, 0) is 73.6 Å². The third kappa shape index (κ3) is 3.48. The summed E-state index contributed by atoms with van der Waals surface area (Å²) in [5, 5.41) is 5.73. The van der Waals surface area contributed by atoms with Gasteiger partial charge in [0.1, 0.15) is 0 Å². The number of nitrogens with one attached hydrogen (secondary N) is 2. The van der Waals surface area contributed by atoms with E-state index in [0.29, 0.717) is 16.9 Å². The molecule has 2 N–H and O–H groups in total. The Hall–Kier alpha value is -2.62. The van der Waals surface area contributed by atoms with Gasteiger partial charge in [0.2, 0.25) is 5.91 Å². The molecule has 24 heavy (non-hydrogen) atoms. The van der Waals surface area contributed by atoms with Crippen LogP contribution in [0.5, 0.6) is 0 Å². The lowest BCUT2D eigenvalue weighted by Crippen LogP contribution is -2.15. The molecule has 0 heterocycles. The van der Waals surface area contributed by atoms with Crippen LogP contribution in [-0.4, -0.2) is 11.8 Å². The Morgan fingerprint density at radius 2 is 1.58 bits per heavy atom. The number of hydrogen-bond donors (Lipinski definition) is 2. The van der Waals surface area contributed by atoms with Crippen LogP contribution >= 0.6 is 0 Å². The van der Waals surface area contributed by atoms with Crippen molar-refractivity contribution >= 4 is 23.2 Å². The predicted molar refractivity (Wildman–Crippen MR) is 96.5 cm³/mol. The number of hydrogen-bond acceptors (Lipinski definition) is 2. The number of amides is 2. The summed E-state index contributed by atoms with van der Waals surface area (Å²) in [4.78, 5) is 23.8. The van der Waals surface area contributed by atoms with E-state index >= 15 is 0 Å². The van der Waals surface area contributed by atoms with Crippen LogP contribution in [0.4, 0.5) is 11.4 Å². The van der Waals surface area contributed by atoms with Crippen LogP contribution in [0.15, 0.2) is 36.4 Å². The number of aryl methyl sites for hydroxylation is 2. The molecule has 0 bridgehead atoms. The topological polar surface area (TPSA) is 58.2 Å². The summed E-state index contributed by atoms with van der Waals surface area (Å²) in [5.41, 5.74) is 5.60. The van der Waals surface area contributed by atoms with Crippen LogP contribution in [0.25, 0.3) is 0 Å². The van der Waals surface area contributed by atoms with Crippen LogP contribution < -0.4 is 10.6 Å². The second-order valence-corrected chi connectivity index (χ2v) is 6.30. The van der Waals surface area contributed by atoms with Crippen molar-refractivity contribution in [3.8, 4) is 0 Å². The zero-order valence-corrected chi connectivity index (χ0v) is 14.1. The van der Waals surface area contributed by atoms with E-state index in [1.165, 1.54) is 30.9 Å². The zero-order chi connectivity index (χ0) is 17.1. The molecule has 2 amide bonds. The van der Waals surface area contributed by atoms with Crippen LogP contribution in [-0.2, 0) is 17.6 Å². The lowest BCUT2D eigenvalue weighted by atomic mass is 9.90. The molecule has 0 fully saturated rings. The van der Waals surface area contributed by atoms with Crippen molar-refractivity contribution in [1.29, 1.82) is 0 Å². The molecule has 4 heteroatoms. The number of anilines is 2. The van der Waals surface area contributed by atoms with Crippen molar-refractivity contribution in [3.05, 3.63) is 58.7 Å². The molecule has 0 spiro atoms. The minimum atomic E-state index is -0.128. The van der Waals surface area contributed by atoms with Gasteiger partial charge in [0.15, 0.2) is 0 Å². The number of carbonyl (C=O) groups excluding carboxylic acids is 2. The first-order chi connectivity index (χ1) is 11.5. The molecule has 0 aliphatic heterocycles. The number of carbonyl (C=O) groups is 2. The second kappa shape index (κ2) is 6.87. The maximum atomic E-state index is 12.6. The SMILES string of the molecule is CC(=O)Nc1cccc(NC(=O)c2ccc3c(c2)CCCC3)c1C. The maximum Gasteiger partial charge on any atom is 0.255 e. The van der Waals surface area contributed by atoms with E-state index in [4.69, 9.17) is 0 Å². The fourth-order valence-electron chi connectivity index (χ4n) is 3.17. The Morgan fingerprint density at radius 1 is 0.917 bits per heavy atom. The van der Waals surface area contributed by atoms with E-state index in [1.54, 1.807) is 0 Å². The molecule has 0 radical (unpaired) electrons. The van der Waals surface area contributed by atoms with Gasteiger partial charge < -0.3 is 10.6 Å². The number of benzene rings is 2. The highest BCUT2D eigenvalue weighted by Crippen LogP contribution is 2.25. The Labute approximate surface area is 142 Å². The van der Waals surface area contributed by atoms with Gasteiger partial charge in [-0.1, -0.05) is 12.1 Å². The zero-order valence-electron chi connectivity index (χ0n) is 14.1. The average molecular weight is 322 g/mol. The third-order valence-corrected chi connectivity index (χ3v) is 4.50. The molecular formula is C20H22N2O2. The van der Waals surface area contributed by atoms with Gasteiger partial charge in [0.25, 0.3) is 5.91 Å². The van der Waals surface area contributed by atoms with Gasteiger partial charge in [0, 0.05) is 23.9 Å². The Bertz CT molecular complexity index is 796. The van der Waals surface area contributed by atoms with E-state index in [9.17, 15) is 9.59 Å². The monoisotopic (exact) mass is 322 g/mol. The van der Waals surface area contributed by atoms with Gasteiger partial charge in [-0.3, -0.25) is 9.59 Å². The van der Waals surface area contributed by atoms with Gasteiger partial charge in [-0.2, -0.15) is 0 Å². The quantitative estimate of drug-likeness (QED) is 0.894. The minimum Gasteiger partial charge on any atom is -0.326 e.